The molecular weight excluding hydrogens is 931 g/mol. The van der Waals surface area contributed by atoms with Crippen LogP contribution in [-0.4, -0.2) is 140 Å². The molecule has 14 nitrogen and oxygen atoms in total. The molecule has 0 bridgehead atoms. The molecular formula is C59H97NO13. The van der Waals surface area contributed by atoms with Crippen molar-refractivity contribution in [1.29, 1.82) is 0 Å². The molecule has 2 aliphatic rings. The quantitative estimate of drug-likeness (QED) is 0.0207. The van der Waals surface area contributed by atoms with E-state index in [1.165, 1.54) is 64.2 Å². The van der Waals surface area contributed by atoms with Crippen LogP contribution in [0.15, 0.2) is 109 Å². The number of hydrogen-bond donors (Lipinski definition) is 9. The fraction of sp³-hybridized carbons (Fsp3) is 0.678. The van der Waals surface area contributed by atoms with E-state index < -0.39 is 86.8 Å². The Bertz CT molecular complexity index is 1640. The van der Waals surface area contributed by atoms with E-state index in [0.717, 1.165) is 64.2 Å². The minimum atomic E-state index is -1.80. The maximum Gasteiger partial charge on any atom is 0.220 e. The maximum absolute atomic E-state index is 13.2. The van der Waals surface area contributed by atoms with Gasteiger partial charge in [0.2, 0.25) is 5.91 Å². The Morgan fingerprint density at radius 3 is 1.49 bits per heavy atom. The smallest absolute Gasteiger partial charge is 0.220 e. The molecule has 0 aromatic heterocycles. The van der Waals surface area contributed by atoms with Gasteiger partial charge in [-0.3, -0.25) is 4.79 Å². The van der Waals surface area contributed by atoms with Crippen LogP contribution in [0.4, 0.5) is 0 Å². The first-order valence-corrected chi connectivity index (χ1v) is 27.6. The predicted molar refractivity (Wildman–Crippen MR) is 290 cm³/mol. The highest BCUT2D eigenvalue weighted by molar-refractivity contribution is 5.76. The summed E-state index contributed by atoms with van der Waals surface area (Å²) in [5.41, 5.74) is 0. The third-order valence-corrected chi connectivity index (χ3v) is 12.7. The maximum atomic E-state index is 13.2. The van der Waals surface area contributed by atoms with Crippen LogP contribution in [-0.2, 0) is 23.7 Å². The first-order chi connectivity index (χ1) is 35.6. The van der Waals surface area contributed by atoms with Gasteiger partial charge in [-0.05, 0) is 83.5 Å². The molecule has 2 saturated heterocycles. The average Bonchev–Trinajstić information content (AvgIpc) is 3.39. The molecule has 2 heterocycles. The molecule has 0 aromatic rings. The zero-order chi connectivity index (χ0) is 53.2. The molecule has 0 saturated carbocycles. The van der Waals surface area contributed by atoms with Crippen LogP contribution in [0.2, 0.25) is 0 Å². The summed E-state index contributed by atoms with van der Waals surface area (Å²) in [6, 6.07) is -0.986. The number of nitrogens with one attached hydrogen (secondary N) is 1. The molecule has 14 heteroatoms. The Morgan fingerprint density at radius 2 is 0.959 bits per heavy atom. The molecule has 2 aliphatic heterocycles. The normalized spacial score (nSPS) is 26.3. The van der Waals surface area contributed by atoms with Crippen LogP contribution >= 0.6 is 0 Å². The van der Waals surface area contributed by atoms with Gasteiger partial charge in [0.15, 0.2) is 12.6 Å². The standard InChI is InChI=1S/C59H97NO13/c1-3-5-7-9-11-13-15-17-19-21-23-25-26-28-30-32-34-36-38-40-42-48(63)47(60-51(64)43-41-39-37-35-33-31-29-27-24-22-20-18-16-14-12-10-8-6-4-2)46-70-58-56(69)54(67)57(50(45-62)72-58)73-59-55(68)53(66)52(65)49(44-61)71-59/h6,8,12,14,18,20,24-27,31-34,37,39-40,42,47-50,52-59,61-63,65-69H,3-5,7,9-11,13,15-17,19,21-23,28-30,35-36,38,41,43-46H2,1-2H3,(H,60,64)/b8-6-,14-12-,20-18-,26-25+,27-24-,33-31-,34-32+,39-37-,42-40+. The Hall–Kier alpha value is -3.35. The number of aliphatic hydroxyl groups excluding tert-OH is 8. The van der Waals surface area contributed by atoms with Crippen LogP contribution < -0.4 is 5.32 Å². The number of aliphatic hydroxyl groups is 8. The van der Waals surface area contributed by atoms with Crippen LogP contribution in [0.5, 0.6) is 0 Å². The summed E-state index contributed by atoms with van der Waals surface area (Å²) in [6.45, 7) is 2.58. The van der Waals surface area contributed by atoms with Gasteiger partial charge < -0.3 is 65.1 Å². The van der Waals surface area contributed by atoms with Crippen molar-refractivity contribution in [2.45, 2.75) is 235 Å². The van der Waals surface area contributed by atoms with E-state index in [0.29, 0.717) is 12.8 Å². The topological polar surface area (TPSA) is 228 Å². The van der Waals surface area contributed by atoms with Crippen molar-refractivity contribution in [2.24, 2.45) is 0 Å². The second-order valence-corrected chi connectivity index (χ2v) is 19.0. The summed E-state index contributed by atoms with van der Waals surface area (Å²) < 4.78 is 22.7. The monoisotopic (exact) mass is 1030 g/mol. The second kappa shape index (κ2) is 43.8. The van der Waals surface area contributed by atoms with Crippen LogP contribution in [0.1, 0.15) is 162 Å². The fourth-order valence-corrected chi connectivity index (χ4v) is 8.23. The second-order valence-electron chi connectivity index (χ2n) is 19.0. The van der Waals surface area contributed by atoms with Gasteiger partial charge in [0.1, 0.15) is 48.8 Å². The predicted octanol–water partition coefficient (Wildman–Crippen LogP) is 8.49. The van der Waals surface area contributed by atoms with Crippen LogP contribution in [0.25, 0.3) is 0 Å². The average molecular weight is 1030 g/mol. The van der Waals surface area contributed by atoms with E-state index in [2.05, 4.69) is 104 Å². The Kier molecular flexibility index (Phi) is 39.5. The summed E-state index contributed by atoms with van der Waals surface area (Å²) >= 11 is 0. The fourth-order valence-electron chi connectivity index (χ4n) is 8.23. The van der Waals surface area contributed by atoms with Crippen molar-refractivity contribution in [3.05, 3.63) is 109 Å². The summed E-state index contributed by atoms with van der Waals surface area (Å²) in [5, 5.41) is 86.8. The summed E-state index contributed by atoms with van der Waals surface area (Å²) in [5.74, 6) is -0.340. The number of amides is 1. The van der Waals surface area contributed by atoms with Gasteiger partial charge in [-0.15, -0.1) is 0 Å². The van der Waals surface area contributed by atoms with Crippen molar-refractivity contribution in [1.82, 2.24) is 5.32 Å². The summed E-state index contributed by atoms with van der Waals surface area (Å²) in [4.78, 5) is 13.2. The molecule has 0 radical (unpaired) electrons. The van der Waals surface area contributed by atoms with Gasteiger partial charge in [-0.1, -0.05) is 181 Å². The highest BCUT2D eigenvalue weighted by atomic mass is 16.7. The lowest BCUT2D eigenvalue weighted by Crippen LogP contribution is -2.65. The number of unbranched alkanes of at least 4 members (excludes halogenated alkanes) is 12. The Labute approximate surface area is 438 Å². The lowest BCUT2D eigenvalue weighted by atomic mass is 9.97. The lowest BCUT2D eigenvalue weighted by molar-refractivity contribution is -0.359. The number of carbonyl (C=O) groups is 1. The van der Waals surface area contributed by atoms with Crippen molar-refractivity contribution in [3.8, 4) is 0 Å². The molecule has 0 aromatic carbocycles. The van der Waals surface area contributed by atoms with E-state index in [4.69, 9.17) is 18.9 Å². The van der Waals surface area contributed by atoms with Crippen molar-refractivity contribution in [3.63, 3.8) is 0 Å². The first-order valence-electron chi connectivity index (χ1n) is 27.6. The van der Waals surface area contributed by atoms with Gasteiger partial charge in [-0.2, -0.15) is 0 Å². The molecule has 416 valence electrons. The van der Waals surface area contributed by atoms with E-state index in [1.807, 2.05) is 18.2 Å². The molecule has 2 fully saturated rings. The van der Waals surface area contributed by atoms with Gasteiger partial charge in [0.05, 0.1) is 32.0 Å². The first kappa shape index (κ1) is 65.8. The van der Waals surface area contributed by atoms with Gasteiger partial charge >= 0.3 is 0 Å². The highest BCUT2D eigenvalue weighted by Gasteiger charge is 2.51. The van der Waals surface area contributed by atoms with E-state index >= 15 is 0 Å². The number of hydrogen-bond acceptors (Lipinski definition) is 13. The number of ether oxygens (including phenoxy) is 4. The Morgan fingerprint density at radius 1 is 0.507 bits per heavy atom. The van der Waals surface area contributed by atoms with E-state index in [9.17, 15) is 45.6 Å². The zero-order valence-corrected chi connectivity index (χ0v) is 44.3. The van der Waals surface area contributed by atoms with Gasteiger partial charge in [-0.25, -0.2) is 0 Å². The minimum absolute atomic E-state index is 0.138. The lowest BCUT2D eigenvalue weighted by Gasteiger charge is -2.46. The minimum Gasteiger partial charge on any atom is -0.394 e. The number of carbonyl (C=O) groups excluding carboxylic acids is 1. The Balaban J connectivity index is 1.88. The summed E-state index contributed by atoms with van der Waals surface area (Å²) in [7, 11) is 0. The third kappa shape index (κ3) is 30.1. The molecule has 0 aliphatic carbocycles. The molecule has 2 rings (SSSR count). The van der Waals surface area contributed by atoms with Crippen molar-refractivity contribution in [2.75, 3.05) is 19.8 Å². The molecule has 12 unspecified atom stereocenters. The van der Waals surface area contributed by atoms with Gasteiger partial charge in [0.25, 0.3) is 0 Å². The molecule has 1 amide bonds. The molecule has 0 spiro atoms. The highest BCUT2D eigenvalue weighted by Crippen LogP contribution is 2.30. The number of rotatable bonds is 41. The molecule has 9 N–H and O–H groups in total. The third-order valence-electron chi connectivity index (χ3n) is 12.7. The number of allylic oxidation sites excluding steroid dienone is 17. The zero-order valence-electron chi connectivity index (χ0n) is 44.3. The molecule has 73 heavy (non-hydrogen) atoms. The van der Waals surface area contributed by atoms with E-state index in [1.54, 1.807) is 6.08 Å². The summed E-state index contributed by atoms with van der Waals surface area (Å²) in [6.07, 6.45) is 44.2. The van der Waals surface area contributed by atoms with Crippen molar-refractivity contribution < 1.29 is 64.6 Å². The SMILES string of the molecule is CC/C=C\C/C=C\C/C=C\C/C=C\C/C=C\C/C=C\CCC(=O)NC(COC1OC(CO)C(OC2OC(CO)C(O)C(O)C2O)C(O)C1O)C(O)/C=C/CC/C=C/CC/C=C/CCCCCCCCCCCC. The van der Waals surface area contributed by atoms with Crippen LogP contribution in [0.3, 0.4) is 0 Å². The van der Waals surface area contributed by atoms with Gasteiger partial charge in [0, 0.05) is 6.42 Å². The molecule has 12 atom stereocenters. The largest absolute Gasteiger partial charge is 0.394 e. The van der Waals surface area contributed by atoms with Crippen molar-refractivity contribution >= 4 is 5.91 Å². The van der Waals surface area contributed by atoms with E-state index in [-0.39, 0.29) is 18.9 Å². The van der Waals surface area contributed by atoms with Crippen LogP contribution in [0, 0.1) is 0 Å².